The zero-order chi connectivity index (χ0) is 13.8. The van der Waals surface area contributed by atoms with Crippen LogP contribution >= 0.6 is 23.2 Å². The zero-order valence-corrected chi connectivity index (χ0v) is 12.5. The number of halogens is 2. The summed E-state index contributed by atoms with van der Waals surface area (Å²) in [5.74, 6) is 0. The van der Waals surface area contributed by atoms with E-state index in [1.807, 2.05) is 29.2 Å². The van der Waals surface area contributed by atoms with E-state index in [2.05, 4.69) is 24.3 Å². The smallest absolute Gasteiger partial charge is 0.0674 e. The van der Waals surface area contributed by atoms with E-state index in [9.17, 15) is 0 Å². The highest BCUT2D eigenvalue weighted by Gasteiger charge is 2.05. The molecule has 0 radical (unpaired) electrons. The van der Waals surface area contributed by atoms with Crippen molar-refractivity contribution < 1.29 is 0 Å². The van der Waals surface area contributed by atoms with Gasteiger partial charge in [0.1, 0.15) is 0 Å². The summed E-state index contributed by atoms with van der Waals surface area (Å²) >= 11 is 12.1. The van der Waals surface area contributed by atoms with Gasteiger partial charge in [-0.2, -0.15) is 5.10 Å². The summed E-state index contributed by atoms with van der Waals surface area (Å²) in [6.45, 7) is 5.69. The molecule has 3 nitrogen and oxygen atoms in total. The van der Waals surface area contributed by atoms with E-state index in [0.717, 1.165) is 17.7 Å². The molecule has 0 atom stereocenters. The molecule has 0 saturated heterocycles. The van der Waals surface area contributed by atoms with Crippen LogP contribution in [-0.4, -0.2) is 15.8 Å². The number of nitrogens with zero attached hydrogens (tertiary/aromatic N) is 2. The predicted octanol–water partition coefficient (Wildman–Crippen LogP) is 3.74. The van der Waals surface area contributed by atoms with Crippen LogP contribution in [0.5, 0.6) is 0 Å². The van der Waals surface area contributed by atoms with Gasteiger partial charge < -0.3 is 5.32 Å². The second kappa shape index (κ2) is 6.42. The minimum atomic E-state index is 0.464. The third-order valence-electron chi connectivity index (χ3n) is 2.74. The molecule has 0 aliphatic carbocycles. The van der Waals surface area contributed by atoms with Gasteiger partial charge in [-0.05, 0) is 23.8 Å². The molecule has 0 amide bonds. The van der Waals surface area contributed by atoms with Crippen molar-refractivity contribution in [2.45, 2.75) is 33.0 Å². The summed E-state index contributed by atoms with van der Waals surface area (Å²) in [5, 5.41) is 9.09. The van der Waals surface area contributed by atoms with Gasteiger partial charge in [0.05, 0.1) is 12.7 Å². The summed E-state index contributed by atoms with van der Waals surface area (Å²) in [5.41, 5.74) is 2.13. The summed E-state index contributed by atoms with van der Waals surface area (Å²) in [6, 6.07) is 5.93. The van der Waals surface area contributed by atoms with E-state index >= 15 is 0 Å². The van der Waals surface area contributed by atoms with Crippen LogP contribution in [-0.2, 0) is 13.1 Å². The maximum Gasteiger partial charge on any atom is 0.0674 e. The molecule has 1 heterocycles. The number of aromatic nitrogens is 2. The monoisotopic (exact) mass is 297 g/mol. The quantitative estimate of drug-likeness (QED) is 0.911. The van der Waals surface area contributed by atoms with Crippen molar-refractivity contribution in [2.24, 2.45) is 0 Å². The Hall–Kier alpha value is -1.03. The van der Waals surface area contributed by atoms with Gasteiger partial charge in [-0.1, -0.05) is 37.0 Å². The Morgan fingerprint density at radius 2 is 2.11 bits per heavy atom. The molecule has 0 spiro atoms. The van der Waals surface area contributed by atoms with E-state index in [0.29, 0.717) is 22.6 Å². The Bertz CT molecular complexity index is 549. The third-order valence-corrected chi connectivity index (χ3v) is 3.35. The minimum absolute atomic E-state index is 0.464. The molecule has 19 heavy (non-hydrogen) atoms. The first-order chi connectivity index (χ1) is 9.04. The van der Waals surface area contributed by atoms with Crippen LogP contribution in [0.25, 0.3) is 0 Å². The van der Waals surface area contributed by atoms with Gasteiger partial charge >= 0.3 is 0 Å². The highest BCUT2D eigenvalue weighted by atomic mass is 35.5. The SMILES string of the molecule is CC(C)NCc1cnn(Cc2cc(Cl)ccc2Cl)c1. The molecule has 2 rings (SSSR count). The fraction of sp³-hybridized carbons (Fsp3) is 0.357. The Morgan fingerprint density at radius 1 is 1.32 bits per heavy atom. The average molecular weight is 298 g/mol. The van der Waals surface area contributed by atoms with Crippen molar-refractivity contribution in [2.75, 3.05) is 0 Å². The molecule has 0 aliphatic rings. The van der Waals surface area contributed by atoms with Gasteiger partial charge in [0.15, 0.2) is 0 Å². The second-order valence-corrected chi connectivity index (χ2v) is 5.66. The minimum Gasteiger partial charge on any atom is -0.310 e. The number of hydrogen-bond donors (Lipinski definition) is 1. The van der Waals surface area contributed by atoms with Crippen LogP contribution in [0.3, 0.4) is 0 Å². The van der Waals surface area contributed by atoms with Crippen LogP contribution < -0.4 is 5.32 Å². The molecule has 0 saturated carbocycles. The van der Waals surface area contributed by atoms with Crippen molar-refractivity contribution in [3.8, 4) is 0 Å². The van der Waals surface area contributed by atoms with Crippen molar-refractivity contribution in [3.63, 3.8) is 0 Å². The summed E-state index contributed by atoms with van der Waals surface area (Å²) in [7, 11) is 0. The van der Waals surface area contributed by atoms with Gasteiger partial charge in [-0.3, -0.25) is 4.68 Å². The molecule has 0 bridgehead atoms. The molecule has 1 aromatic carbocycles. The van der Waals surface area contributed by atoms with E-state index in [1.54, 1.807) is 6.07 Å². The molecule has 1 N–H and O–H groups in total. The lowest BCUT2D eigenvalue weighted by Crippen LogP contribution is -2.21. The Morgan fingerprint density at radius 3 is 2.84 bits per heavy atom. The van der Waals surface area contributed by atoms with Gasteiger partial charge in [0.2, 0.25) is 0 Å². The van der Waals surface area contributed by atoms with Crippen molar-refractivity contribution in [3.05, 3.63) is 51.8 Å². The van der Waals surface area contributed by atoms with Crippen molar-refractivity contribution >= 4 is 23.2 Å². The predicted molar refractivity (Wildman–Crippen MR) is 79.8 cm³/mol. The summed E-state index contributed by atoms with van der Waals surface area (Å²) < 4.78 is 1.87. The molecular weight excluding hydrogens is 281 g/mol. The molecule has 2 aromatic rings. The second-order valence-electron chi connectivity index (χ2n) is 4.82. The first-order valence-electron chi connectivity index (χ1n) is 6.23. The molecule has 0 fully saturated rings. The van der Waals surface area contributed by atoms with Crippen molar-refractivity contribution in [1.82, 2.24) is 15.1 Å². The molecule has 0 unspecified atom stereocenters. The van der Waals surface area contributed by atoms with Gasteiger partial charge in [-0.25, -0.2) is 0 Å². The van der Waals surface area contributed by atoms with Crippen LogP contribution in [0.4, 0.5) is 0 Å². The first kappa shape index (κ1) is 14.4. The third kappa shape index (κ3) is 4.23. The fourth-order valence-electron chi connectivity index (χ4n) is 1.75. The standard InChI is InChI=1S/C14H17Cl2N3/c1-10(2)17-6-11-7-18-19(8-11)9-12-5-13(15)3-4-14(12)16/h3-5,7-8,10,17H,6,9H2,1-2H3. The lowest BCUT2D eigenvalue weighted by molar-refractivity contribution is 0.588. The zero-order valence-electron chi connectivity index (χ0n) is 11.0. The first-order valence-corrected chi connectivity index (χ1v) is 6.99. The van der Waals surface area contributed by atoms with E-state index in [1.165, 1.54) is 0 Å². The van der Waals surface area contributed by atoms with Crippen LogP contribution in [0, 0.1) is 0 Å². The topological polar surface area (TPSA) is 29.9 Å². The number of benzene rings is 1. The lowest BCUT2D eigenvalue weighted by Gasteiger charge is -2.06. The highest BCUT2D eigenvalue weighted by molar-refractivity contribution is 6.33. The van der Waals surface area contributed by atoms with Gasteiger partial charge in [0.25, 0.3) is 0 Å². The number of hydrogen-bond acceptors (Lipinski definition) is 2. The molecular formula is C14H17Cl2N3. The van der Waals surface area contributed by atoms with Crippen molar-refractivity contribution in [1.29, 1.82) is 0 Å². The van der Waals surface area contributed by atoms with E-state index < -0.39 is 0 Å². The normalized spacial score (nSPS) is 11.2. The Labute approximate surface area is 123 Å². The molecule has 0 aliphatic heterocycles. The van der Waals surface area contributed by atoms with E-state index in [-0.39, 0.29) is 0 Å². The summed E-state index contributed by atoms with van der Waals surface area (Å²) in [4.78, 5) is 0. The average Bonchev–Trinajstić information content (AvgIpc) is 2.79. The van der Waals surface area contributed by atoms with E-state index in [4.69, 9.17) is 23.2 Å². The highest BCUT2D eigenvalue weighted by Crippen LogP contribution is 2.21. The Kier molecular flexibility index (Phi) is 4.86. The number of rotatable bonds is 5. The van der Waals surface area contributed by atoms with Crippen LogP contribution in [0.1, 0.15) is 25.0 Å². The van der Waals surface area contributed by atoms with Gasteiger partial charge in [0, 0.05) is 34.4 Å². The fourth-order valence-corrected chi connectivity index (χ4v) is 2.12. The maximum atomic E-state index is 6.14. The molecule has 1 aromatic heterocycles. The van der Waals surface area contributed by atoms with Crippen LogP contribution in [0.2, 0.25) is 10.0 Å². The van der Waals surface area contributed by atoms with Gasteiger partial charge in [-0.15, -0.1) is 0 Å². The summed E-state index contributed by atoms with van der Waals surface area (Å²) in [6.07, 6.45) is 3.89. The lowest BCUT2D eigenvalue weighted by atomic mass is 10.2. The largest absolute Gasteiger partial charge is 0.310 e. The Balaban J connectivity index is 2.05. The maximum absolute atomic E-state index is 6.14. The molecule has 5 heteroatoms. The molecule has 102 valence electrons. The van der Waals surface area contributed by atoms with Crippen LogP contribution in [0.15, 0.2) is 30.6 Å². The number of nitrogens with one attached hydrogen (secondary N) is 1.